The molecular formula is C12H15BrFN. The Bertz CT molecular complexity index is 367. The number of hydrogen-bond donors (Lipinski definition) is 1. The normalized spacial score (nSPS) is 30.0. The van der Waals surface area contributed by atoms with Crippen molar-refractivity contribution in [1.29, 1.82) is 0 Å². The molecule has 82 valence electrons. The third kappa shape index (κ3) is 1.95. The summed E-state index contributed by atoms with van der Waals surface area (Å²) in [4.78, 5) is 0. The van der Waals surface area contributed by atoms with Gasteiger partial charge < -0.3 is 5.32 Å². The minimum atomic E-state index is -0.0791. The lowest BCUT2D eigenvalue weighted by Crippen LogP contribution is -2.46. The highest BCUT2D eigenvalue weighted by molar-refractivity contribution is 9.10. The molecule has 1 aliphatic carbocycles. The molecule has 0 aliphatic heterocycles. The highest BCUT2D eigenvalue weighted by atomic mass is 79.9. The molecule has 15 heavy (non-hydrogen) atoms. The molecule has 3 atom stereocenters. The maximum atomic E-state index is 13.6. The van der Waals surface area contributed by atoms with Gasteiger partial charge in [-0.15, -0.1) is 0 Å². The van der Waals surface area contributed by atoms with Gasteiger partial charge in [0, 0.05) is 10.5 Å². The molecule has 1 nitrogen and oxygen atoms in total. The van der Waals surface area contributed by atoms with Gasteiger partial charge in [-0.2, -0.15) is 0 Å². The Hall–Kier alpha value is -0.410. The Labute approximate surface area is 98.2 Å². The molecule has 0 amide bonds. The van der Waals surface area contributed by atoms with Crippen molar-refractivity contribution >= 4 is 15.9 Å². The average Bonchev–Trinajstić information content (AvgIpc) is 2.22. The molecule has 3 heteroatoms. The molecule has 1 aromatic rings. The zero-order valence-corrected chi connectivity index (χ0v) is 10.5. The summed E-state index contributed by atoms with van der Waals surface area (Å²) in [7, 11) is 1.97. The van der Waals surface area contributed by atoms with E-state index in [1.54, 1.807) is 12.1 Å². The number of hydrogen-bond acceptors (Lipinski definition) is 1. The van der Waals surface area contributed by atoms with Crippen molar-refractivity contribution in [3.05, 3.63) is 34.1 Å². The molecule has 2 rings (SSSR count). The smallest absolute Gasteiger partial charge is 0.126 e. The fraction of sp³-hybridized carbons (Fsp3) is 0.500. The van der Waals surface area contributed by atoms with Crippen LogP contribution in [0.2, 0.25) is 0 Å². The van der Waals surface area contributed by atoms with E-state index in [1.807, 2.05) is 13.1 Å². The molecule has 0 bridgehead atoms. The molecule has 0 saturated heterocycles. The molecule has 1 fully saturated rings. The molecule has 0 heterocycles. The van der Waals surface area contributed by atoms with Crippen molar-refractivity contribution in [1.82, 2.24) is 5.32 Å². The van der Waals surface area contributed by atoms with Crippen molar-refractivity contribution in [3.8, 4) is 0 Å². The van der Waals surface area contributed by atoms with Crippen LogP contribution in [-0.4, -0.2) is 13.1 Å². The lowest BCUT2D eigenvalue weighted by atomic mass is 9.67. The van der Waals surface area contributed by atoms with Crippen LogP contribution in [0, 0.1) is 11.7 Å². The van der Waals surface area contributed by atoms with E-state index in [2.05, 4.69) is 28.2 Å². The Morgan fingerprint density at radius 3 is 2.80 bits per heavy atom. The van der Waals surface area contributed by atoms with Gasteiger partial charge in [0.1, 0.15) is 5.82 Å². The van der Waals surface area contributed by atoms with Crippen molar-refractivity contribution in [3.63, 3.8) is 0 Å². The molecule has 0 spiro atoms. The van der Waals surface area contributed by atoms with Gasteiger partial charge in [0.25, 0.3) is 0 Å². The third-order valence-electron chi connectivity index (χ3n) is 3.51. The molecule has 3 unspecified atom stereocenters. The number of rotatable bonds is 2. The third-order valence-corrected chi connectivity index (χ3v) is 4.00. The zero-order valence-electron chi connectivity index (χ0n) is 8.93. The van der Waals surface area contributed by atoms with E-state index in [1.165, 1.54) is 0 Å². The monoisotopic (exact) mass is 271 g/mol. The second-order valence-corrected chi connectivity index (χ2v) is 5.18. The fourth-order valence-electron chi connectivity index (χ4n) is 2.38. The Balaban J connectivity index is 2.21. The second-order valence-electron chi connectivity index (χ2n) is 4.26. The minimum Gasteiger partial charge on any atom is -0.317 e. The topological polar surface area (TPSA) is 12.0 Å². The summed E-state index contributed by atoms with van der Waals surface area (Å²) in [6.07, 6.45) is 1.03. The van der Waals surface area contributed by atoms with Crippen LogP contribution in [0.3, 0.4) is 0 Å². The highest BCUT2D eigenvalue weighted by Crippen LogP contribution is 2.43. The first-order chi connectivity index (χ1) is 7.13. The van der Waals surface area contributed by atoms with Crippen LogP contribution in [0.5, 0.6) is 0 Å². The summed E-state index contributed by atoms with van der Waals surface area (Å²) < 4.78 is 14.6. The molecule has 1 saturated carbocycles. The summed E-state index contributed by atoms with van der Waals surface area (Å²) >= 11 is 3.39. The summed E-state index contributed by atoms with van der Waals surface area (Å²) in [5, 5.41) is 3.25. The number of nitrogens with one attached hydrogen (secondary N) is 1. The lowest BCUT2D eigenvalue weighted by Gasteiger charge is -2.43. The van der Waals surface area contributed by atoms with Crippen LogP contribution in [0.1, 0.15) is 24.8 Å². The van der Waals surface area contributed by atoms with Gasteiger partial charge in [0.15, 0.2) is 0 Å². The molecular weight excluding hydrogens is 257 g/mol. The van der Waals surface area contributed by atoms with Crippen molar-refractivity contribution < 1.29 is 4.39 Å². The standard InChI is InChI=1S/C12H15BrFN/c1-7-9(6-12(7)15-2)10-5-8(13)3-4-11(10)14/h3-5,7,9,12,15H,6H2,1-2H3. The summed E-state index contributed by atoms with van der Waals surface area (Å²) in [5.74, 6) is 0.795. The Kier molecular flexibility index (Phi) is 3.12. The largest absolute Gasteiger partial charge is 0.317 e. The molecule has 1 aliphatic rings. The van der Waals surface area contributed by atoms with E-state index in [0.29, 0.717) is 17.9 Å². The van der Waals surface area contributed by atoms with E-state index in [4.69, 9.17) is 0 Å². The Morgan fingerprint density at radius 2 is 2.20 bits per heavy atom. The van der Waals surface area contributed by atoms with Crippen molar-refractivity contribution in [2.24, 2.45) is 5.92 Å². The first-order valence-electron chi connectivity index (χ1n) is 5.25. The van der Waals surface area contributed by atoms with Gasteiger partial charge in [0.2, 0.25) is 0 Å². The summed E-state index contributed by atoms with van der Waals surface area (Å²) in [6.45, 7) is 2.18. The average molecular weight is 272 g/mol. The molecule has 1 aromatic carbocycles. The van der Waals surface area contributed by atoms with Crippen LogP contribution >= 0.6 is 15.9 Å². The first kappa shape index (κ1) is 11.1. The van der Waals surface area contributed by atoms with E-state index < -0.39 is 0 Å². The predicted octanol–water partition coefficient (Wildman–Crippen LogP) is 3.30. The second kappa shape index (κ2) is 4.22. The maximum absolute atomic E-state index is 13.6. The summed E-state index contributed by atoms with van der Waals surface area (Å²) in [6, 6.07) is 5.73. The SMILES string of the molecule is CNC1CC(c2cc(Br)ccc2F)C1C. The van der Waals surface area contributed by atoms with E-state index in [0.717, 1.165) is 16.5 Å². The zero-order chi connectivity index (χ0) is 11.0. The van der Waals surface area contributed by atoms with Gasteiger partial charge in [-0.3, -0.25) is 0 Å². The van der Waals surface area contributed by atoms with E-state index in [-0.39, 0.29) is 5.82 Å². The van der Waals surface area contributed by atoms with Crippen molar-refractivity contribution in [2.75, 3.05) is 7.05 Å². The van der Waals surface area contributed by atoms with Crippen LogP contribution in [0.25, 0.3) is 0 Å². The van der Waals surface area contributed by atoms with E-state index >= 15 is 0 Å². The van der Waals surface area contributed by atoms with Crippen LogP contribution in [-0.2, 0) is 0 Å². The van der Waals surface area contributed by atoms with E-state index in [9.17, 15) is 4.39 Å². The van der Waals surface area contributed by atoms with Gasteiger partial charge in [-0.05, 0) is 49.1 Å². The van der Waals surface area contributed by atoms with Gasteiger partial charge >= 0.3 is 0 Å². The maximum Gasteiger partial charge on any atom is 0.126 e. The quantitative estimate of drug-likeness (QED) is 0.871. The van der Waals surface area contributed by atoms with Crippen LogP contribution in [0.4, 0.5) is 4.39 Å². The fourth-order valence-corrected chi connectivity index (χ4v) is 2.76. The van der Waals surface area contributed by atoms with Gasteiger partial charge in [0.05, 0.1) is 0 Å². The number of halogens is 2. The first-order valence-corrected chi connectivity index (χ1v) is 6.05. The lowest BCUT2D eigenvalue weighted by molar-refractivity contribution is 0.190. The van der Waals surface area contributed by atoms with Gasteiger partial charge in [-0.25, -0.2) is 4.39 Å². The Morgan fingerprint density at radius 1 is 1.47 bits per heavy atom. The van der Waals surface area contributed by atoms with Crippen LogP contribution < -0.4 is 5.32 Å². The highest BCUT2D eigenvalue weighted by Gasteiger charge is 2.38. The molecule has 0 radical (unpaired) electrons. The van der Waals surface area contributed by atoms with Crippen LogP contribution in [0.15, 0.2) is 22.7 Å². The van der Waals surface area contributed by atoms with Gasteiger partial charge in [-0.1, -0.05) is 22.9 Å². The minimum absolute atomic E-state index is 0.0791. The number of benzene rings is 1. The molecule has 1 N–H and O–H groups in total. The molecule has 0 aromatic heterocycles. The predicted molar refractivity (Wildman–Crippen MR) is 63.5 cm³/mol. The summed E-state index contributed by atoms with van der Waals surface area (Å²) in [5.41, 5.74) is 0.850. The van der Waals surface area contributed by atoms with Crippen molar-refractivity contribution in [2.45, 2.75) is 25.3 Å².